The van der Waals surface area contributed by atoms with E-state index in [1.165, 1.54) is 6.20 Å². The maximum Gasteiger partial charge on any atom is 0.252 e. The van der Waals surface area contributed by atoms with Crippen molar-refractivity contribution in [3.8, 4) is 0 Å². The van der Waals surface area contributed by atoms with E-state index in [-0.39, 0.29) is 5.91 Å². The molecule has 0 saturated heterocycles. The van der Waals surface area contributed by atoms with E-state index >= 15 is 0 Å². The average Bonchev–Trinajstić information content (AvgIpc) is 2.52. The van der Waals surface area contributed by atoms with Gasteiger partial charge >= 0.3 is 0 Å². The highest BCUT2D eigenvalue weighted by atomic mass is 16.1. The number of carbonyl (C=O) groups is 1. The SMILES string of the molecule is Cc1cccc(NC(N)=NCCNC(=O)c2cccnc2)c1. The Bertz CT molecular complexity index is 655. The Labute approximate surface area is 129 Å². The number of nitrogens with two attached hydrogens (primary N) is 1. The maximum absolute atomic E-state index is 11.8. The van der Waals surface area contributed by atoms with Gasteiger partial charge in [0.05, 0.1) is 12.1 Å². The van der Waals surface area contributed by atoms with Crippen molar-refractivity contribution in [1.82, 2.24) is 10.3 Å². The van der Waals surface area contributed by atoms with Crippen LogP contribution in [0.5, 0.6) is 0 Å². The van der Waals surface area contributed by atoms with Crippen LogP contribution in [0, 0.1) is 6.92 Å². The van der Waals surface area contributed by atoms with Crippen molar-refractivity contribution in [2.75, 3.05) is 18.4 Å². The van der Waals surface area contributed by atoms with E-state index < -0.39 is 0 Å². The predicted octanol–water partition coefficient (Wildman–Crippen LogP) is 1.55. The summed E-state index contributed by atoms with van der Waals surface area (Å²) >= 11 is 0. The largest absolute Gasteiger partial charge is 0.370 e. The molecule has 1 aromatic heterocycles. The van der Waals surface area contributed by atoms with Gasteiger partial charge in [-0.1, -0.05) is 12.1 Å². The molecule has 4 N–H and O–H groups in total. The average molecular weight is 297 g/mol. The molecule has 2 rings (SSSR count). The van der Waals surface area contributed by atoms with Gasteiger partial charge in [-0.3, -0.25) is 14.8 Å². The van der Waals surface area contributed by atoms with Gasteiger partial charge in [0.15, 0.2) is 5.96 Å². The van der Waals surface area contributed by atoms with E-state index in [9.17, 15) is 4.79 Å². The zero-order valence-corrected chi connectivity index (χ0v) is 12.4. The van der Waals surface area contributed by atoms with Crippen LogP contribution in [-0.4, -0.2) is 29.9 Å². The van der Waals surface area contributed by atoms with Crippen molar-refractivity contribution in [3.63, 3.8) is 0 Å². The minimum atomic E-state index is -0.173. The lowest BCUT2D eigenvalue weighted by Gasteiger charge is -2.07. The lowest BCUT2D eigenvalue weighted by atomic mass is 10.2. The number of carbonyl (C=O) groups excluding carboxylic acids is 1. The molecule has 0 fully saturated rings. The summed E-state index contributed by atoms with van der Waals surface area (Å²) in [5.74, 6) is 0.148. The minimum Gasteiger partial charge on any atom is -0.370 e. The van der Waals surface area contributed by atoms with Crippen LogP contribution in [0.3, 0.4) is 0 Å². The first-order chi connectivity index (χ1) is 10.6. The molecule has 0 radical (unpaired) electrons. The van der Waals surface area contributed by atoms with Crippen LogP contribution < -0.4 is 16.4 Å². The number of aryl methyl sites for hydroxylation is 1. The highest BCUT2D eigenvalue weighted by molar-refractivity contribution is 5.94. The number of nitrogens with one attached hydrogen (secondary N) is 2. The normalized spacial score (nSPS) is 11.0. The fraction of sp³-hybridized carbons (Fsp3) is 0.188. The van der Waals surface area contributed by atoms with E-state index in [1.54, 1.807) is 18.3 Å². The number of aromatic nitrogens is 1. The second-order valence-corrected chi connectivity index (χ2v) is 4.76. The lowest BCUT2D eigenvalue weighted by Crippen LogP contribution is -2.28. The Morgan fingerprint density at radius 2 is 2.18 bits per heavy atom. The van der Waals surface area contributed by atoms with Crippen molar-refractivity contribution in [2.24, 2.45) is 10.7 Å². The first-order valence-corrected chi connectivity index (χ1v) is 6.97. The van der Waals surface area contributed by atoms with Crippen LogP contribution in [0.15, 0.2) is 53.8 Å². The van der Waals surface area contributed by atoms with Crippen LogP contribution in [-0.2, 0) is 0 Å². The molecule has 0 spiro atoms. The molecule has 6 nitrogen and oxygen atoms in total. The summed E-state index contributed by atoms with van der Waals surface area (Å²) in [4.78, 5) is 19.8. The number of aliphatic imine (C=N–C) groups is 1. The summed E-state index contributed by atoms with van der Waals surface area (Å²) in [7, 11) is 0. The number of hydrogen-bond acceptors (Lipinski definition) is 3. The number of pyridine rings is 1. The Hall–Kier alpha value is -2.89. The number of anilines is 1. The Morgan fingerprint density at radius 1 is 1.32 bits per heavy atom. The van der Waals surface area contributed by atoms with Gasteiger partial charge in [-0.15, -0.1) is 0 Å². The summed E-state index contributed by atoms with van der Waals surface area (Å²) in [6, 6.07) is 11.3. The molecule has 1 aromatic carbocycles. The molecule has 0 bridgehead atoms. The molecule has 0 saturated carbocycles. The van der Waals surface area contributed by atoms with Crippen molar-refractivity contribution in [1.29, 1.82) is 0 Å². The molecule has 1 heterocycles. The van der Waals surface area contributed by atoms with Crippen LogP contribution >= 0.6 is 0 Å². The second-order valence-electron chi connectivity index (χ2n) is 4.76. The van der Waals surface area contributed by atoms with Crippen LogP contribution in [0.1, 0.15) is 15.9 Å². The molecular formula is C16H19N5O. The standard InChI is InChI=1S/C16H19N5O/c1-12-4-2-6-14(10-12)21-16(17)20-9-8-19-15(22)13-5-3-7-18-11-13/h2-7,10-11H,8-9H2,1H3,(H,19,22)(H3,17,20,21). The van der Waals surface area contributed by atoms with Crippen LogP contribution in [0.4, 0.5) is 5.69 Å². The molecule has 0 aliphatic rings. The van der Waals surface area contributed by atoms with Gasteiger partial charge in [-0.2, -0.15) is 0 Å². The molecular weight excluding hydrogens is 278 g/mol. The highest BCUT2D eigenvalue weighted by Crippen LogP contribution is 2.08. The van der Waals surface area contributed by atoms with Crippen LogP contribution in [0.25, 0.3) is 0 Å². The summed E-state index contributed by atoms with van der Waals surface area (Å²) in [6.45, 7) is 2.81. The van der Waals surface area contributed by atoms with Crippen molar-refractivity contribution in [3.05, 3.63) is 59.9 Å². The summed E-state index contributed by atoms with van der Waals surface area (Å²) in [5, 5.41) is 5.77. The van der Waals surface area contributed by atoms with Gasteiger partial charge in [-0.25, -0.2) is 0 Å². The molecule has 6 heteroatoms. The van der Waals surface area contributed by atoms with E-state index in [0.717, 1.165) is 11.3 Å². The highest BCUT2D eigenvalue weighted by Gasteiger charge is 2.03. The smallest absolute Gasteiger partial charge is 0.252 e. The van der Waals surface area contributed by atoms with E-state index in [0.29, 0.717) is 24.6 Å². The van der Waals surface area contributed by atoms with Crippen molar-refractivity contribution in [2.45, 2.75) is 6.92 Å². The zero-order chi connectivity index (χ0) is 15.8. The monoisotopic (exact) mass is 297 g/mol. The Kier molecular flexibility index (Phi) is 5.48. The van der Waals surface area contributed by atoms with Gasteiger partial charge in [-0.05, 0) is 36.8 Å². The molecule has 114 valence electrons. The van der Waals surface area contributed by atoms with Crippen LogP contribution in [0.2, 0.25) is 0 Å². The summed E-state index contributed by atoms with van der Waals surface area (Å²) < 4.78 is 0. The first kappa shape index (κ1) is 15.5. The zero-order valence-electron chi connectivity index (χ0n) is 12.4. The predicted molar refractivity (Wildman–Crippen MR) is 87.9 cm³/mol. The fourth-order valence-electron chi connectivity index (χ4n) is 1.86. The molecule has 0 atom stereocenters. The minimum absolute atomic E-state index is 0.173. The maximum atomic E-state index is 11.8. The van der Waals surface area contributed by atoms with Gasteiger partial charge in [0.25, 0.3) is 5.91 Å². The van der Waals surface area contributed by atoms with Gasteiger partial charge in [0.2, 0.25) is 0 Å². The third kappa shape index (κ3) is 4.90. The Balaban J connectivity index is 1.76. The molecule has 2 aromatic rings. The summed E-state index contributed by atoms with van der Waals surface area (Å²) in [5.41, 5.74) is 8.36. The Morgan fingerprint density at radius 3 is 2.91 bits per heavy atom. The number of benzene rings is 1. The van der Waals surface area contributed by atoms with E-state index in [1.807, 2.05) is 31.2 Å². The number of guanidine groups is 1. The van der Waals surface area contributed by atoms with Gasteiger partial charge in [0, 0.05) is 24.6 Å². The number of amides is 1. The van der Waals surface area contributed by atoms with Crippen molar-refractivity contribution < 1.29 is 4.79 Å². The molecule has 0 aliphatic carbocycles. The fourth-order valence-corrected chi connectivity index (χ4v) is 1.86. The van der Waals surface area contributed by atoms with Gasteiger partial charge in [0.1, 0.15) is 0 Å². The number of nitrogens with zero attached hydrogens (tertiary/aromatic N) is 2. The first-order valence-electron chi connectivity index (χ1n) is 6.97. The summed E-state index contributed by atoms with van der Waals surface area (Å²) in [6.07, 6.45) is 3.14. The molecule has 0 aliphatic heterocycles. The van der Waals surface area contributed by atoms with Crippen molar-refractivity contribution >= 4 is 17.6 Å². The molecule has 0 unspecified atom stereocenters. The number of hydrogen-bond donors (Lipinski definition) is 3. The third-order valence-corrected chi connectivity index (χ3v) is 2.89. The lowest BCUT2D eigenvalue weighted by molar-refractivity contribution is 0.0954. The number of rotatable bonds is 5. The topological polar surface area (TPSA) is 92.4 Å². The molecule has 1 amide bonds. The van der Waals surface area contributed by atoms with E-state index in [2.05, 4.69) is 20.6 Å². The molecule has 22 heavy (non-hydrogen) atoms. The third-order valence-electron chi connectivity index (χ3n) is 2.89. The van der Waals surface area contributed by atoms with E-state index in [4.69, 9.17) is 5.73 Å². The second kappa shape index (κ2) is 7.78. The van der Waals surface area contributed by atoms with Gasteiger partial charge < -0.3 is 16.4 Å². The quantitative estimate of drug-likeness (QED) is 0.443.